The summed E-state index contributed by atoms with van der Waals surface area (Å²) in [4.78, 5) is 10.8. The largest absolute Gasteiger partial charge is 0.329 e. The van der Waals surface area contributed by atoms with Crippen molar-refractivity contribution < 1.29 is 0 Å². The summed E-state index contributed by atoms with van der Waals surface area (Å²) in [5, 5.41) is 1.02. The van der Waals surface area contributed by atoms with Gasteiger partial charge in [-0.15, -0.1) is 0 Å². The molecule has 1 heterocycles. The summed E-state index contributed by atoms with van der Waals surface area (Å²) in [5.74, 6) is 0.884. The van der Waals surface area contributed by atoms with E-state index < -0.39 is 0 Å². The van der Waals surface area contributed by atoms with Crippen molar-refractivity contribution >= 4 is 54.3 Å². The van der Waals surface area contributed by atoms with Crippen LogP contribution in [-0.2, 0) is 0 Å². The number of benzene rings is 2. The Labute approximate surface area is 133 Å². The minimum absolute atomic E-state index is 0.884. The highest BCUT2D eigenvalue weighted by Gasteiger charge is 2.11. The van der Waals surface area contributed by atoms with Crippen LogP contribution in [0.15, 0.2) is 57.7 Å². The van der Waals surface area contributed by atoms with Gasteiger partial charge >= 0.3 is 0 Å². The van der Waals surface area contributed by atoms with Crippen LogP contribution in [0.2, 0.25) is 0 Å². The maximum atomic E-state index is 4.43. The highest BCUT2D eigenvalue weighted by molar-refractivity contribution is 9.10. The second-order valence-corrected chi connectivity index (χ2v) is 6.23. The molecule has 100 valence electrons. The van der Waals surface area contributed by atoms with Gasteiger partial charge in [0.2, 0.25) is 0 Å². The van der Waals surface area contributed by atoms with Gasteiger partial charge in [0, 0.05) is 27.1 Å². The van der Waals surface area contributed by atoms with E-state index in [-0.39, 0.29) is 0 Å². The average Bonchev–Trinajstić information content (AvgIpc) is 2.46. The Balaban J connectivity index is 2.16. The zero-order valence-corrected chi connectivity index (χ0v) is 13.9. The van der Waals surface area contributed by atoms with E-state index in [0.29, 0.717) is 0 Å². The fourth-order valence-electron chi connectivity index (χ4n) is 2.09. The van der Waals surface area contributed by atoms with E-state index >= 15 is 0 Å². The molecule has 0 amide bonds. The molecule has 5 heteroatoms. The summed E-state index contributed by atoms with van der Waals surface area (Å²) in [6.45, 7) is 0. The molecule has 0 saturated heterocycles. The number of anilines is 2. The quantitative estimate of drug-likeness (QED) is 0.619. The third-order valence-corrected chi connectivity index (χ3v) is 4.08. The Morgan fingerprint density at radius 2 is 1.75 bits per heavy atom. The predicted octanol–water partition coefficient (Wildman–Crippen LogP) is 4.92. The lowest BCUT2D eigenvalue weighted by atomic mass is 10.2. The van der Waals surface area contributed by atoms with Crippen molar-refractivity contribution in [2.45, 2.75) is 0 Å². The maximum Gasteiger partial charge on any atom is 0.144 e. The summed E-state index contributed by atoms with van der Waals surface area (Å²) in [6, 6.07) is 14.1. The second-order valence-electron chi connectivity index (χ2n) is 4.40. The van der Waals surface area contributed by atoms with Crippen LogP contribution < -0.4 is 4.90 Å². The first-order chi connectivity index (χ1) is 9.65. The molecular weight excluding hydrogens is 382 g/mol. The van der Waals surface area contributed by atoms with Gasteiger partial charge in [-0.1, -0.05) is 37.9 Å². The standard InChI is InChI=1S/C15H11Br2N3/c1-20(12-4-2-3-10(16)7-12)15-13-8-11(17)5-6-14(13)18-9-19-15/h2-9H,1H3. The van der Waals surface area contributed by atoms with Crippen molar-refractivity contribution in [3.63, 3.8) is 0 Å². The number of fused-ring (bicyclic) bond motifs is 1. The molecule has 0 radical (unpaired) electrons. The molecule has 2 aromatic carbocycles. The Morgan fingerprint density at radius 3 is 2.55 bits per heavy atom. The summed E-state index contributed by atoms with van der Waals surface area (Å²) >= 11 is 7.00. The predicted molar refractivity (Wildman–Crippen MR) is 89.4 cm³/mol. The van der Waals surface area contributed by atoms with Crippen molar-refractivity contribution in [3.05, 3.63) is 57.7 Å². The molecule has 0 N–H and O–H groups in total. The van der Waals surface area contributed by atoms with Gasteiger partial charge in [-0.3, -0.25) is 0 Å². The Morgan fingerprint density at radius 1 is 0.950 bits per heavy atom. The van der Waals surface area contributed by atoms with Crippen LogP contribution in [0.3, 0.4) is 0 Å². The molecular formula is C15H11Br2N3. The lowest BCUT2D eigenvalue weighted by Gasteiger charge is -2.20. The lowest BCUT2D eigenvalue weighted by Crippen LogP contribution is -2.11. The molecule has 0 aliphatic rings. The van der Waals surface area contributed by atoms with Gasteiger partial charge in [-0.05, 0) is 36.4 Å². The summed E-state index contributed by atoms with van der Waals surface area (Å²) < 4.78 is 2.06. The average molecular weight is 393 g/mol. The van der Waals surface area contributed by atoms with Crippen LogP contribution in [0, 0.1) is 0 Å². The third-order valence-electron chi connectivity index (χ3n) is 3.09. The Kier molecular flexibility index (Phi) is 3.72. The molecule has 20 heavy (non-hydrogen) atoms. The minimum Gasteiger partial charge on any atom is -0.329 e. The number of nitrogens with zero attached hydrogens (tertiary/aromatic N) is 3. The first kappa shape index (κ1) is 13.5. The van der Waals surface area contributed by atoms with E-state index in [1.807, 2.05) is 37.4 Å². The zero-order valence-electron chi connectivity index (χ0n) is 10.7. The number of rotatable bonds is 2. The van der Waals surface area contributed by atoms with Crippen LogP contribution in [0.5, 0.6) is 0 Å². The molecule has 0 saturated carbocycles. The third kappa shape index (κ3) is 2.55. The van der Waals surface area contributed by atoms with Gasteiger partial charge in [0.15, 0.2) is 0 Å². The minimum atomic E-state index is 0.884. The molecule has 0 spiro atoms. The fraction of sp³-hybridized carbons (Fsp3) is 0.0667. The van der Waals surface area contributed by atoms with E-state index in [9.17, 15) is 0 Å². The highest BCUT2D eigenvalue weighted by atomic mass is 79.9. The van der Waals surface area contributed by atoms with Crippen molar-refractivity contribution in [1.29, 1.82) is 0 Å². The molecule has 0 aliphatic heterocycles. The molecule has 0 aliphatic carbocycles. The van der Waals surface area contributed by atoms with E-state index in [0.717, 1.165) is 31.4 Å². The van der Waals surface area contributed by atoms with Crippen LogP contribution in [0.25, 0.3) is 10.9 Å². The molecule has 3 aromatic rings. The van der Waals surface area contributed by atoms with Gasteiger partial charge in [-0.25, -0.2) is 9.97 Å². The number of aromatic nitrogens is 2. The van der Waals surface area contributed by atoms with Crippen LogP contribution in [-0.4, -0.2) is 17.0 Å². The van der Waals surface area contributed by atoms with Crippen molar-refractivity contribution in [1.82, 2.24) is 9.97 Å². The van der Waals surface area contributed by atoms with Gasteiger partial charge in [0.05, 0.1) is 5.52 Å². The molecule has 3 nitrogen and oxygen atoms in total. The van der Waals surface area contributed by atoms with Crippen molar-refractivity contribution in [2.75, 3.05) is 11.9 Å². The maximum absolute atomic E-state index is 4.43. The van der Waals surface area contributed by atoms with Crippen LogP contribution in [0.4, 0.5) is 11.5 Å². The van der Waals surface area contributed by atoms with E-state index in [4.69, 9.17) is 0 Å². The Bertz CT molecular complexity index is 774. The topological polar surface area (TPSA) is 29.0 Å². The first-order valence-electron chi connectivity index (χ1n) is 6.05. The normalized spacial score (nSPS) is 10.8. The van der Waals surface area contributed by atoms with Gasteiger partial charge < -0.3 is 4.90 Å². The lowest BCUT2D eigenvalue weighted by molar-refractivity contribution is 1.11. The van der Waals surface area contributed by atoms with E-state index in [1.54, 1.807) is 6.33 Å². The molecule has 0 unspecified atom stereocenters. The van der Waals surface area contributed by atoms with Gasteiger partial charge in [0.1, 0.15) is 12.1 Å². The molecule has 3 rings (SSSR count). The molecule has 0 bridgehead atoms. The fourth-order valence-corrected chi connectivity index (χ4v) is 2.84. The second kappa shape index (κ2) is 5.50. The SMILES string of the molecule is CN(c1cccc(Br)c1)c1ncnc2ccc(Br)cc12. The van der Waals surface area contributed by atoms with Crippen LogP contribution >= 0.6 is 31.9 Å². The van der Waals surface area contributed by atoms with Crippen molar-refractivity contribution in [3.8, 4) is 0 Å². The van der Waals surface area contributed by atoms with Crippen LogP contribution in [0.1, 0.15) is 0 Å². The van der Waals surface area contributed by atoms with Gasteiger partial charge in [0.25, 0.3) is 0 Å². The smallest absolute Gasteiger partial charge is 0.144 e. The number of hydrogen-bond donors (Lipinski definition) is 0. The first-order valence-corrected chi connectivity index (χ1v) is 7.63. The number of halogens is 2. The van der Waals surface area contributed by atoms with Crippen molar-refractivity contribution in [2.24, 2.45) is 0 Å². The monoisotopic (exact) mass is 391 g/mol. The van der Waals surface area contributed by atoms with E-state index in [1.165, 1.54) is 0 Å². The number of hydrogen-bond acceptors (Lipinski definition) is 3. The highest BCUT2D eigenvalue weighted by Crippen LogP contribution is 2.30. The zero-order chi connectivity index (χ0) is 14.1. The summed E-state index contributed by atoms with van der Waals surface area (Å²) in [7, 11) is 2.00. The summed E-state index contributed by atoms with van der Waals surface area (Å²) in [6.07, 6.45) is 1.60. The summed E-state index contributed by atoms with van der Waals surface area (Å²) in [5.41, 5.74) is 2.00. The van der Waals surface area contributed by atoms with E-state index in [2.05, 4.69) is 58.9 Å². The Hall–Kier alpha value is -1.46. The van der Waals surface area contributed by atoms with Gasteiger partial charge in [-0.2, -0.15) is 0 Å². The molecule has 0 fully saturated rings. The molecule has 1 aromatic heterocycles. The molecule has 0 atom stereocenters.